The molecule has 1 heterocycles. The van der Waals surface area contributed by atoms with Crippen LogP contribution in [0, 0.1) is 6.92 Å². The van der Waals surface area contributed by atoms with Gasteiger partial charge in [-0.15, -0.1) is 0 Å². The van der Waals surface area contributed by atoms with Gasteiger partial charge in [-0.25, -0.2) is 0 Å². The van der Waals surface area contributed by atoms with Gasteiger partial charge in [0.1, 0.15) is 5.54 Å². The number of likely N-dealkylation sites (N-methyl/N-ethyl adjacent to an activating group) is 1. The zero-order chi connectivity index (χ0) is 12.5. The Labute approximate surface area is 95.7 Å². The van der Waals surface area contributed by atoms with E-state index in [1.807, 2.05) is 20.2 Å². The number of carboxylic acid groups (broad SMARTS) is 1. The van der Waals surface area contributed by atoms with E-state index >= 15 is 0 Å². The van der Waals surface area contributed by atoms with Crippen LogP contribution in [0.15, 0.2) is 6.20 Å². The molecule has 1 aromatic heterocycles. The second kappa shape index (κ2) is 4.25. The van der Waals surface area contributed by atoms with Crippen LogP contribution in [-0.4, -0.2) is 38.3 Å². The molecule has 0 aliphatic rings. The van der Waals surface area contributed by atoms with Crippen LogP contribution >= 0.6 is 0 Å². The zero-order valence-corrected chi connectivity index (χ0v) is 10.5. The summed E-state index contributed by atoms with van der Waals surface area (Å²) in [6.07, 6.45) is 1.92. The highest BCUT2D eigenvalue weighted by Crippen LogP contribution is 2.17. The maximum Gasteiger partial charge on any atom is 0.323 e. The third-order valence-corrected chi connectivity index (χ3v) is 3.00. The molecule has 0 aliphatic heterocycles. The Morgan fingerprint density at radius 1 is 1.62 bits per heavy atom. The van der Waals surface area contributed by atoms with Gasteiger partial charge in [-0.3, -0.25) is 14.4 Å². The molecule has 0 spiro atoms. The van der Waals surface area contributed by atoms with Crippen LogP contribution < -0.4 is 0 Å². The molecule has 0 bridgehead atoms. The Morgan fingerprint density at radius 3 is 2.56 bits per heavy atom. The molecular formula is C11H19N3O2. The number of hydrogen-bond donors (Lipinski definition) is 1. The summed E-state index contributed by atoms with van der Waals surface area (Å²) < 4.78 is 1.74. The van der Waals surface area contributed by atoms with Crippen molar-refractivity contribution < 1.29 is 9.90 Å². The maximum atomic E-state index is 11.1. The van der Waals surface area contributed by atoms with Crippen LogP contribution in [0.1, 0.15) is 25.1 Å². The van der Waals surface area contributed by atoms with E-state index in [1.54, 1.807) is 30.5 Å². The van der Waals surface area contributed by atoms with Gasteiger partial charge in [-0.2, -0.15) is 5.10 Å². The van der Waals surface area contributed by atoms with Crippen LogP contribution in [0.3, 0.4) is 0 Å². The Balaban J connectivity index is 2.82. The fourth-order valence-corrected chi connectivity index (χ4v) is 1.42. The number of carbonyl (C=O) groups is 1. The highest BCUT2D eigenvalue weighted by atomic mass is 16.4. The molecule has 90 valence electrons. The van der Waals surface area contributed by atoms with E-state index in [-0.39, 0.29) is 0 Å². The van der Waals surface area contributed by atoms with Gasteiger partial charge in [0.15, 0.2) is 0 Å². The summed E-state index contributed by atoms with van der Waals surface area (Å²) in [5.41, 5.74) is 1.12. The molecule has 0 saturated carbocycles. The summed E-state index contributed by atoms with van der Waals surface area (Å²) in [6, 6.07) is 0. The fourth-order valence-electron chi connectivity index (χ4n) is 1.42. The van der Waals surface area contributed by atoms with Gasteiger partial charge in [-0.1, -0.05) is 0 Å². The smallest absolute Gasteiger partial charge is 0.323 e. The Hall–Kier alpha value is -1.36. The van der Waals surface area contributed by atoms with E-state index in [0.717, 1.165) is 11.3 Å². The fraction of sp³-hybridized carbons (Fsp3) is 0.636. The van der Waals surface area contributed by atoms with E-state index in [0.29, 0.717) is 6.54 Å². The molecule has 1 aromatic rings. The molecule has 0 aromatic carbocycles. The molecule has 0 aliphatic carbocycles. The molecule has 5 heteroatoms. The molecule has 0 amide bonds. The van der Waals surface area contributed by atoms with Crippen molar-refractivity contribution in [3.8, 4) is 0 Å². The topological polar surface area (TPSA) is 58.4 Å². The standard InChI is InChI=1S/C11H19N3O2/c1-8-9(7-14(5)12-8)6-13(4)11(2,3)10(15)16/h7H,6H2,1-5H3,(H,15,16). The van der Waals surface area contributed by atoms with Crippen LogP contribution in [0.4, 0.5) is 0 Å². The molecule has 0 atom stereocenters. The molecule has 0 unspecified atom stereocenters. The number of carboxylic acids is 1. The lowest BCUT2D eigenvalue weighted by Gasteiger charge is -2.31. The first kappa shape index (κ1) is 12.7. The molecule has 5 nitrogen and oxygen atoms in total. The van der Waals surface area contributed by atoms with Gasteiger partial charge in [0.2, 0.25) is 0 Å². The van der Waals surface area contributed by atoms with E-state index in [9.17, 15) is 4.79 Å². The first-order chi connectivity index (χ1) is 7.25. The lowest BCUT2D eigenvalue weighted by Crippen LogP contribution is -2.47. The first-order valence-corrected chi connectivity index (χ1v) is 5.19. The number of aromatic nitrogens is 2. The molecular weight excluding hydrogens is 206 g/mol. The summed E-state index contributed by atoms with van der Waals surface area (Å²) in [6.45, 7) is 5.90. The number of rotatable bonds is 4. The molecule has 0 fully saturated rings. The minimum absolute atomic E-state index is 0.582. The average Bonchev–Trinajstić information content (AvgIpc) is 2.44. The van der Waals surface area contributed by atoms with Gasteiger partial charge in [0.25, 0.3) is 0 Å². The molecule has 16 heavy (non-hydrogen) atoms. The molecule has 0 radical (unpaired) electrons. The monoisotopic (exact) mass is 225 g/mol. The van der Waals surface area contributed by atoms with E-state index in [4.69, 9.17) is 5.11 Å². The molecule has 1 N–H and O–H groups in total. The minimum Gasteiger partial charge on any atom is -0.480 e. The Kier molecular flexibility index (Phi) is 3.38. The van der Waals surface area contributed by atoms with E-state index in [2.05, 4.69) is 5.10 Å². The van der Waals surface area contributed by atoms with E-state index in [1.165, 1.54) is 0 Å². The summed E-state index contributed by atoms with van der Waals surface area (Å²) in [5, 5.41) is 13.3. The van der Waals surface area contributed by atoms with Crippen LogP contribution in [0.5, 0.6) is 0 Å². The van der Waals surface area contributed by atoms with Crippen LogP contribution in [0.2, 0.25) is 0 Å². The SMILES string of the molecule is Cc1nn(C)cc1CN(C)C(C)(C)C(=O)O. The van der Waals surface area contributed by atoms with Crippen molar-refractivity contribution in [1.29, 1.82) is 0 Å². The van der Waals surface area contributed by atoms with Crippen molar-refractivity contribution in [1.82, 2.24) is 14.7 Å². The van der Waals surface area contributed by atoms with Gasteiger partial charge < -0.3 is 5.11 Å². The third kappa shape index (κ3) is 2.41. The number of aryl methyl sites for hydroxylation is 2. The maximum absolute atomic E-state index is 11.1. The summed E-state index contributed by atoms with van der Waals surface area (Å²) >= 11 is 0. The molecule has 0 saturated heterocycles. The first-order valence-electron chi connectivity index (χ1n) is 5.19. The zero-order valence-electron chi connectivity index (χ0n) is 10.5. The molecule has 1 rings (SSSR count). The summed E-state index contributed by atoms with van der Waals surface area (Å²) in [7, 11) is 3.67. The third-order valence-electron chi connectivity index (χ3n) is 3.00. The number of aliphatic carboxylic acids is 1. The van der Waals surface area contributed by atoms with E-state index < -0.39 is 11.5 Å². The van der Waals surface area contributed by atoms with Gasteiger partial charge in [0.05, 0.1) is 5.69 Å². The second-order valence-corrected chi connectivity index (χ2v) is 4.63. The Bertz CT molecular complexity index is 396. The van der Waals surface area contributed by atoms with Crippen LogP contribution in [-0.2, 0) is 18.4 Å². The van der Waals surface area contributed by atoms with Crippen molar-refractivity contribution in [2.45, 2.75) is 32.9 Å². The van der Waals surface area contributed by atoms with Crippen molar-refractivity contribution in [2.24, 2.45) is 7.05 Å². The second-order valence-electron chi connectivity index (χ2n) is 4.63. The van der Waals surface area contributed by atoms with Crippen molar-refractivity contribution in [3.05, 3.63) is 17.5 Å². The van der Waals surface area contributed by atoms with Gasteiger partial charge in [0, 0.05) is 25.4 Å². The number of hydrogen-bond acceptors (Lipinski definition) is 3. The lowest BCUT2D eigenvalue weighted by molar-refractivity contribution is -0.148. The Morgan fingerprint density at radius 2 is 2.19 bits per heavy atom. The van der Waals surface area contributed by atoms with Crippen molar-refractivity contribution >= 4 is 5.97 Å². The van der Waals surface area contributed by atoms with Crippen molar-refractivity contribution in [3.63, 3.8) is 0 Å². The minimum atomic E-state index is -0.873. The predicted octanol–water partition coefficient (Wildman–Crippen LogP) is 1.02. The largest absolute Gasteiger partial charge is 0.480 e. The highest BCUT2D eigenvalue weighted by Gasteiger charge is 2.32. The lowest BCUT2D eigenvalue weighted by atomic mass is 10.0. The summed E-state index contributed by atoms with van der Waals surface area (Å²) in [5.74, 6) is -0.823. The number of nitrogens with zero attached hydrogens (tertiary/aromatic N) is 3. The normalized spacial score (nSPS) is 12.1. The predicted molar refractivity (Wildman–Crippen MR) is 61.1 cm³/mol. The van der Waals surface area contributed by atoms with Crippen molar-refractivity contribution in [2.75, 3.05) is 7.05 Å². The summed E-state index contributed by atoms with van der Waals surface area (Å²) in [4.78, 5) is 12.9. The average molecular weight is 225 g/mol. The van der Waals surface area contributed by atoms with Gasteiger partial charge >= 0.3 is 5.97 Å². The highest BCUT2D eigenvalue weighted by molar-refractivity contribution is 5.77. The quantitative estimate of drug-likeness (QED) is 0.831. The van der Waals surface area contributed by atoms with Crippen LogP contribution in [0.25, 0.3) is 0 Å². The van der Waals surface area contributed by atoms with Gasteiger partial charge in [-0.05, 0) is 27.8 Å².